The Kier molecular flexibility index (Phi) is 5.20. The SMILES string of the molecule is O=C(CNC(=O)C1COc2ccccc2O1)N/N=C/c1cccnc1. The number of hydrogen-bond acceptors (Lipinski definition) is 6. The number of para-hydroxylation sites is 2. The topological polar surface area (TPSA) is 102 Å². The lowest BCUT2D eigenvalue weighted by Crippen LogP contribution is -2.46. The standard InChI is InChI=1S/C17H16N4O4/c22-16(21-20-9-12-4-3-7-18-8-12)10-19-17(23)15-11-24-13-5-1-2-6-14(13)25-15/h1-9,15H,10-11H2,(H,19,23)(H,21,22)/b20-9+. The predicted molar refractivity (Wildman–Crippen MR) is 89.3 cm³/mol. The highest BCUT2D eigenvalue weighted by molar-refractivity contribution is 5.88. The Morgan fingerprint density at radius 2 is 2.08 bits per heavy atom. The quantitative estimate of drug-likeness (QED) is 0.609. The first-order valence-corrected chi connectivity index (χ1v) is 7.60. The summed E-state index contributed by atoms with van der Waals surface area (Å²) in [7, 11) is 0. The van der Waals surface area contributed by atoms with Crippen molar-refractivity contribution in [2.24, 2.45) is 5.10 Å². The van der Waals surface area contributed by atoms with E-state index in [1.54, 1.807) is 42.7 Å². The molecule has 0 aliphatic carbocycles. The number of amides is 2. The van der Waals surface area contributed by atoms with E-state index in [0.29, 0.717) is 11.5 Å². The summed E-state index contributed by atoms with van der Waals surface area (Å²) in [5.74, 6) is 0.208. The molecule has 1 aliphatic heterocycles. The molecule has 8 nitrogen and oxygen atoms in total. The number of rotatable bonds is 5. The van der Waals surface area contributed by atoms with E-state index in [2.05, 4.69) is 20.8 Å². The molecule has 1 aromatic carbocycles. The fourth-order valence-electron chi connectivity index (χ4n) is 2.10. The molecule has 0 bridgehead atoms. The first kappa shape index (κ1) is 16.4. The number of carbonyl (C=O) groups is 2. The molecule has 0 saturated carbocycles. The van der Waals surface area contributed by atoms with E-state index in [4.69, 9.17) is 9.47 Å². The molecular weight excluding hydrogens is 324 g/mol. The van der Waals surface area contributed by atoms with Crippen LogP contribution < -0.4 is 20.2 Å². The number of carbonyl (C=O) groups excluding carboxylic acids is 2. The maximum Gasteiger partial charge on any atom is 0.265 e. The van der Waals surface area contributed by atoms with Gasteiger partial charge in [0.1, 0.15) is 6.61 Å². The van der Waals surface area contributed by atoms with E-state index in [0.717, 1.165) is 5.56 Å². The number of ether oxygens (including phenoxy) is 2. The molecule has 0 fully saturated rings. The van der Waals surface area contributed by atoms with Crippen molar-refractivity contribution in [3.05, 3.63) is 54.4 Å². The summed E-state index contributed by atoms with van der Waals surface area (Å²) in [4.78, 5) is 27.7. The monoisotopic (exact) mass is 340 g/mol. The predicted octanol–water partition coefficient (Wildman–Crippen LogP) is 0.488. The van der Waals surface area contributed by atoms with Crippen LogP contribution in [0.15, 0.2) is 53.9 Å². The molecule has 2 aromatic rings. The van der Waals surface area contributed by atoms with Gasteiger partial charge < -0.3 is 14.8 Å². The van der Waals surface area contributed by atoms with Gasteiger partial charge in [-0.05, 0) is 18.2 Å². The lowest BCUT2D eigenvalue weighted by Gasteiger charge is -2.25. The number of nitrogens with one attached hydrogen (secondary N) is 2. The van der Waals surface area contributed by atoms with Gasteiger partial charge in [0.05, 0.1) is 12.8 Å². The van der Waals surface area contributed by atoms with E-state index in [-0.39, 0.29) is 13.2 Å². The summed E-state index contributed by atoms with van der Waals surface area (Å²) in [5, 5.41) is 6.28. The first-order valence-electron chi connectivity index (χ1n) is 7.60. The second-order valence-corrected chi connectivity index (χ2v) is 5.16. The van der Waals surface area contributed by atoms with Gasteiger partial charge in [-0.3, -0.25) is 14.6 Å². The van der Waals surface area contributed by atoms with E-state index >= 15 is 0 Å². The van der Waals surface area contributed by atoms with Gasteiger partial charge in [0.15, 0.2) is 11.5 Å². The fraction of sp³-hybridized carbons (Fsp3) is 0.176. The number of fused-ring (bicyclic) bond motifs is 1. The second kappa shape index (κ2) is 7.91. The van der Waals surface area contributed by atoms with Crippen LogP contribution in [-0.2, 0) is 9.59 Å². The van der Waals surface area contributed by atoms with Crippen LogP contribution in [0.4, 0.5) is 0 Å². The molecule has 2 amide bonds. The van der Waals surface area contributed by atoms with Gasteiger partial charge in [-0.25, -0.2) is 5.43 Å². The van der Waals surface area contributed by atoms with Gasteiger partial charge in [-0.15, -0.1) is 0 Å². The Labute approximate surface area is 143 Å². The summed E-state index contributed by atoms with van der Waals surface area (Å²) in [5.41, 5.74) is 3.07. The van der Waals surface area contributed by atoms with Crippen LogP contribution in [0.1, 0.15) is 5.56 Å². The number of pyridine rings is 1. The van der Waals surface area contributed by atoms with Crippen LogP contribution >= 0.6 is 0 Å². The zero-order valence-corrected chi connectivity index (χ0v) is 13.2. The summed E-state index contributed by atoms with van der Waals surface area (Å²) < 4.78 is 11.0. The van der Waals surface area contributed by atoms with Crippen molar-refractivity contribution in [3.63, 3.8) is 0 Å². The van der Waals surface area contributed by atoms with Gasteiger partial charge in [0, 0.05) is 18.0 Å². The number of hydrogen-bond donors (Lipinski definition) is 2. The molecule has 128 valence electrons. The average Bonchev–Trinajstić information content (AvgIpc) is 2.66. The van der Waals surface area contributed by atoms with Gasteiger partial charge in [0.25, 0.3) is 11.8 Å². The Bertz CT molecular complexity index is 779. The van der Waals surface area contributed by atoms with Crippen LogP contribution in [-0.4, -0.2) is 42.3 Å². The van der Waals surface area contributed by atoms with Gasteiger partial charge in [-0.1, -0.05) is 18.2 Å². The normalized spacial score (nSPS) is 15.6. The zero-order chi connectivity index (χ0) is 17.5. The minimum Gasteiger partial charge on any atom is -0.485 e. The maximum absolute atomic E-state index is 12.1. The molecule has 0 radical (unpaired) electrons. The molecule has 2 heterocycles. The number of hydrazone groups is 1. The van der Waals surface area contributed by atoms with E-state index in [1.807, 2.05) is 6.07 Å². The molecule has 0 spiro atoms. The minimum absolute atomic E-state index is 0.0869. The summed E-state index contributed by atoms with van der Waals surface area (Å²) >= 11 is 0. The fourth-order valence-corrected chi connectivity index (χ4v) is 2.10. The molecule has 0 saturated heterocycles. The highest BCUT2D eigenvalue weighted by atomic mass is 16.6. The second-order valence-electron chi connectivity index (χ2n) is 5.16. The van der Waals surface area contributed by atoms with Crippen LogP contribution in [0.3, 0.4) is 0 Å². The van der Waals surface area contributed by atoms with Crippen molar-refractivity contribution in [1.82, 2.24) is 15.7 Å². The van der Waals surface area contributed by atoms with Crippen molar-refractivity contribution in [1.29, 1.82) is 0 Å². The number of nitrogens with zero attached hydrogens (tertiary/aromatic N) is 2. The van der Waals surface area contributed by atoms with Crippen LogP contribution in [0.2, 0.25) is 0 Å². The van der Waals surface area contributed by atoms with Crippen molar-refractivity contribution < 1.29 is 19.1 Å². The average molecular weight is 340 g/mol. The minimum atomic E-state index is -0.804. The van der Waals surface area contributed by atoms with Gasteiger partial charge >= 0.3 is 0 Å². The third-order valence-electron chi connectivity index (χ3n) is 3.31. The smallest absolute Gasteiger partial charge is 0.265 e. The van der Waals surface area contributed by atoms with Gasteiger partial charge in [0.2, 0.25) is 6.10 Å². The molecule has 1 aliphatic rings. The molecule has 2 N–H and O–H groups in total. The molecule has 25 heavy (non-hydrogen) atoms. The Morgan fingerprint density at radius 1 is 1.24 bits per heavy atom. The maximum atomic E-state index is 12.1. The zero-order valence-electron chi connectivity index (χ0n) is 13.2. The van der Waals surface area contributed by atoms with E-state index in [9.17, 15) is 9.59 Å². The van der Waals surface area contributed by atoms with Crippen LogP contribution in [0, 0.1) is 0 Å². The van der Waals surface area contributed by atoms with Gasteiger partial charge in [-0.2, -0.15) is 5.10 Å². The summed E-state index contributed by atoms with van der Waals surface area (Å²) in [6.45, 7) is -0.131. The molecule has 1 aromatic heterocycles. The molecule has 1 unspecified atom stereocenters. The Morgan fingerprint density at radius 3 is 2.88 bits per heavy atom. The molecule has 3 rings (SSSR count). The first-order chi connectivity index (χ1) is 12.2. The largest absolute Gasteiger partial charge is 0.485 e. The summed E-state index contributed by atoms with van der Waals surface area (Å²) in [6, 6.07) is 10.6. The number of benzene rings is 1. The molecular formula is C17H16N4O4. The Balaban J connectivity index is 1.43. The van der Waals surface area contributed by atoms with Crippen molar-refractivity contribution >= 4 is 18.0 Å². The lowest BCUT2D eigenvalue weighted by atomic mass is 10.2. The van der Waals surface area contributed by atoms with Crippen molar-refractivity contribution in [2.45, 2.75) is 6.10 Å². The lowest BCUT2D eigenvalue weighted by molar-refractivity contribution is -0.132. The van der Waals surface area contributed by atoms with Crippen LogP contribution in [0.25, 0.3) is 0 Å². The third kappa shape index (κ3) is 4.54. The highest BCUT2D eigenvalue weighted by Gasteiger charge is 2.27. The highest BCUT2D eigenvalue weighted by Crippen LogP contribution is 2.30. The Hall–Kier alpha value is -3.42. The molecule has 8 heteroatoms. The van der Waals surface area contributed by atoms with E-state index in [1.165, 1.54) is 6.21 Å². The van der Waals surface area contributed by atoms with Crippen molar-refractivity contribution in [3.8, 4) is 11.5 Å². The van der Waals surface area contributed by atoms with E-state index < -0.39 is 17.9 Å². The number of aromatic nitrogens is 1. The summed E-state index contributed by atoms with van der Waals surface area (Å²) in [6.07, 6.45) is 3.90. The molecule has 1 atom stereocenters. The van der Waals surface area contributed by atoms with Crippen molar-refractivity contribution in [2.75, 3.05) is 13.2 Å². The van der Waals surface area contributed by atoms with Crippen LogP contribution in [0.5, 0.6) is 11.5 Å². The third-order valence-corrected chi connectivity index (χ3v) is 3.31.